The van der Waals surface area contributed by atoms with E-state index < -0.39 is 10.0 Å². The number of aliphatic hydroxyl groups excluding tert-OH is 1. The smallest absolute Gasteiger partial charge is 0.243 e. The van der Waals surface area contributed by atoms with Crippen LogP contribution in [0.2, 0.25) is 0 Å². The molecule has 1 aliphatic heterocycles. The normalized spacial score (nSPS) is 18.6. The van der Waals surface area contributed by atoms with Gasteiger partial charge in [-0.05, 0) is 24.6 Å². The van der Waals surface area contributed by atoms with E-state index in [1.807, 2.05) is 13.0 Å². The van der Waals surface area contributed by atoms with Gasteiger partial charge in [0.25, 0.3) is 0 Å². The molecule has 0 bridgehead atoms. The first-order chi connectivity index (χ1) is 9.04. The van der Waals surface area contributed by atoms with Crippen LogP contribution in [0.4, 0.5) is 0 Å². The lowest BCUT2D eigenvalue weighted by atomic mass is 10.2. The summed E-state index contributed by atoms with van der Waals surface area (Å²) in [4.78, 5) is 2.44. The Morgan fingerprint density at radius 3 is 2.47 bits per heavy atom. The van der Waals surface area contributed by atoms with Gasteiger partial charge in [0.15, 0.2) is 0 Å². The minimum absolute atomic E-state index is 0.116. The average molecular weight is 284 g/mol. The van der Waals surface area contributed by atoms with Gasteiger partial charge >= 0.3 is 0 Å². The number of hydrogen-bond donors (Lipinski definition) is 1. The van der Waals surface area contributed by atoms with E-state index in [0.717, 1.165) is 5.56 Å². The van der Waals surface area contributed by atoms with Crippen LogP contribution in [0.15, 0.2) is 29.2 Å². The first-order valence-corrected chi connectivity index (χ1v) is 7.88. The quantitative estimate of drug-likeness (QED) is 0.863. The molecule has 0 aromatic heterocycles. The SMILES string of the molecule is Cc1cccc(S(=O)(=O)N2CCN(CCO)CC2)c1. The highest BCUT2D eigenvalue weighted by Gasteiger charge is 2.28. The van der Waals surface area contributed by atoms with Crippen molar-refractivity contribution in [2.75, 3.05) is 39.3 Å². The molecule has 19 heavy (non-hydrogen) atoms. The van der Waals surface area contributed by atoms with Crippen molar-refractivity contribution in [1.29, 1.82) is 0 Å². The van der Waals surface area contributed by atoms with Gasteiger partial charge in [-0.2, -0.15) is 4.31 Å². The second-order valence-corrected chi connectivity index (χ2v) is 6.72. The fourth-order valence-corrected chi connectivity index (χ4v) is 3.79. The standard InChI is InChI=1S/C13H20N2O3S/c1-12-3-2-4-13(11-12)19(17,18)15-7-5-14(6-8-15)9-10-16/h2-4,11,16H,5-10H2,1H3. The van der Waals surface area contributed by atoms with Gasteiger partial charge in [-0.1, -0.05) is 12.1 Å². The largest absolute Gasteiger partial charge is 0.395 e. The summed E-state index contributed by atoms with van der Waals surface area (Å²) in [6.07, 6.45) is 0. The van der Waals surface area contributed by atoms with Crippen LogP contribution < -0.4 is 0 Å². The van der Waals surface area contributed by atoms with Crippen LogP contribution in [0.1, 0.15) is 5.56 Å². The Balaban J connectivity index is 2.10. The molecule has 1 N–H and O–H groups in total. The third-order valence-corrected chi connectivity index (χ3v) is 5.27. The molecule has 0 aliphatic carbocycles. The second kappa shape index (κ2) is 6.00. The molecule has 1 saturated heterocycles. The summed E-state index contributed by atoms with van der Waals surface area (Å²) in [5.41, 5.74) is 0.944. The van der Waals surface area contributed by atoms with Gasteiger partial charge in [-0.15, -0.1) is 0 Å². The van der Waals surface area contributed by atoms with Crippen molar-refractivity contribution >= 4 is 10.0 Å². The summed E-state index contributed by atoms with van der Waals surface area (Å²) in [5, 5.41) is 8.88. The van der Waals surface area contributed by atoms with E-state index in [9.17, 15) is 8.42 Å². The predicted molar refractivity (Wildman–Crippen MR) is 73.5 cm³/mol. The highest BCUT2D eigenvalue weighted by molar-refractivity contribution is 7.89. The molecule has 1 aliphatic rings. The van der Waals surface area contributed by atoms with Gasteiger partial charge in [0.2, 0.25) is 10.0 Å². The molecule has 6 heteroatoms. The van der Waals surface area contributed by atoms with Crippen molar-refractivity contribution in [3.05, 3.63) is 29.8 Å². The Morgan fingerprint density at radius 2 is 1.89 bits per heavy atom. The number of sulfonamides is 1. The van der Waals surface area contributed by atoms with Crippen LogP contribution in [0.3, 0.4) is 0 Å². The topological polar surface area (TPSA) is 60.9 Å². The lowest BCUT2D eigenvalue weighted by Gasteiger charge is -2.33. The molecule has 0 spiro atoms. The molecular weight excluding hydrogens is 264 g/mol. The lowest BCUT2D eigenvalue weighted by Crippen LogP contribution is -2.49. The minimum atomic E-state index is -3.38. The summed E-state index contributed by atoms with van der Waals surface area (Å²) < 4.78 is 26.4. The minimum Gasteiger partial charge on any atom is -0.395 e. The van der Waals surface area contributed by atoms with E-state index in [2.05, 4.69) is 4.90 Å². The third-order valence-electron chi connectivity index (χ3n) is 3.37. The summed E-state index contributed by atoms with van der Waals surface area (Å²) in [6, 6.07) is 7.00. The monoisotopic (exact) mass is 284 g/mol. The fourth-order valence-electron chi connectivity index (χ4n) is 2.26. The van der Waals surface area contributed by atoms with Crippen LogP contribution in [0, 0.1) is 6.92 Å². The predicted octanol–water partition coefficient (Wildman–Crippen LogP) is 0.294. The van der Waals surface area contributed by atoms with Crippen molar-refractivity contribution in [3.8, 4) is 0 Å². The third kappa shape index (κ3) is 3.33. The summed E-state index contributed by atoms with van der Waals surface area (Å²) in [7, 11) is -3.38. The number of aryl methyl sites for hydroxylation is 1. The zero-order valence-electron chi connectivity index (χ0n) is 11.1. The fraction of sp³-hybridized carbons (Fsp3) is 0.538. The Bertz CT molecular complexity index is 522. The number of rotatable bonds is 4. The maximum absolute atomic E-state index is 12.5. The Kier molecular flexibility index (Phi) is 4.57. The highest BCUT2D eigenvalue weighted by atomic mass is 32.2. The molecule has 1 heterocycles. The van der Waals surface area contributed by atoms with Gasteiger partial charge in [0, 0.05) is 32.7 Å². The van der Waals surface area contributed by atoms with Gasteiger partial charge in [0.1, 0.15) is 0 Å². The number of hydrogen-bond acceptors (Lipinski definition) is 4. The van der Waals surface area contributed by atoms with E-state index >= 15 is 0 Å². The van der Waals surface area contributed by atoms with Crippen molar-refractivity contribution in [2.45, 2.75) is 11.8 Å². The number of benzene rings is 1. The lowest BCUT2D eigenvalue weighted by molar-refractivity contribution is 0.151. The van der Waals surface area contributed by atoms with Crippen molar-refractivity contribution in [3.63, 3.8) is 0 Å². The Hall–Kier alpha value is -0.950. The molecule has 0 amide bonds. The van der Waals surface area contributed by atoms with Crippen LogP contribution in [-0.4, -0.2) is 62.1 Å². The Morgan fingerprint density at radius 1 is 1.21 bits per heavy atom. The molecular formula is C13H20N2O3S. The molecule has 106 valence electrons. The molecule has 0 saturated carbocycles. The number of aliphatic hydroxyl groups is 1. The highest BCUT2D eigenvalue weighted by Crippen LogP contribution is 2.18. The second-order valence-electron chi connectivity index (χ2n) is 4.79. The molecule has 0 unspecified atom stereocenters. The molecule has 5 nitrogen and oxygen atoms in total. The summed E-state index contributed by atoms with van der Waals surface area (Å²) in [5.74, 6) is 0. The summed E-state index contributed by atoms with van der Waals surface area (Å²) in [6.45, 7) is 4.92. The number of piperazine rings is 1. The van der Waals surface area contributed by atoms with Crippen molar-refractivity contribution < 1.29 is 13.5 Å². The van der Waals surface area contributed by atoms with Crippen LogP contribution in [0.5, 0.6) is 0 Å². The van der Waals surface area contributed by atoms with E-state index in [4.69, 9.17) is 5.11 Å². The van der Waals surface area contributed by atoms with Gasteiger partial charge in [-0.3, -0.25) is 4.90 Å². The van der Waals surface area contributed by atoms with E-state index in [0.29, 0.717) is 37.6 Å². The van der Waals surface area contributed by atoms with Crippen LogP contribution in [-0.2, 0) is 10.0 Å². The maximum atomic E-state index is 12.5. The van der Waals surface area contributed by atoms with Crippen molar-refractivity contribution in [2.24, 2.45) is 0 Å². The number of nitrogens with zero attached hydrogens (tertiary/aromatic N) is 2. The molecule has 2 rings (SSSR count). The van der Waals surface area contributed by atoms with Gasteiger partial charge < -0.3 is 5.11 Å². The van der Waals surface area contributed by atoms with E-state index in [1.165, 1.54) is 4.31 Å². The van der Waals surface area contributed by atoms with Gasteiger partial charge in [0.05, 0.1) is 11.5 Å². The molecule has 1 aromatic carbocycles. The summed E-state index contributed by atoms with van der Waals surface area (Å²) >= 11 is 0. The molecule has 0 atom stereocenters. The first kappa shape index (κ1) is 14.5. The van der Waals surface area contributed by atoms with E-state index in [-0.39, 0.29) is 6.61 Å². The van der Waals surface area contributed by atoms with E-state index in [1.54, 1.807) is 18.2 Å². The Labute approximate surface area is 114 Å². The van der Waals surface area contributed by atoms with Crippen molar-refractivity contribution in [1.82, 2.24) is 9.21 Å². The first-order valence-electron chi connectivity index (χ1n) is 6.44. The van der Waals surface area contributed by atoms with Crippen LogP contribution in [0.25, 0.3) is 0 Å². The molecule has 1 aromatic rings. The number of β-amino-alcohol motifs (C(OH)–C–C–N with tert-alkyl or cyclic N) is 1. The molecule has 1 fully saturated rings. The maximum Gasteiger partial charge on any atom is 0.243 e. The van der Waals surface area contributed by atoms with Gasteiger partial charge in [-0.25, -0.2) is 8.42 Å². The van der Waals surface area contributed by atoms with Crippen LogP contribution >= 0.6 is 0 Å². The molecule has 0 radical (unpaired) electrons. The zero-order valence-corrected chi connectivity index (χ0v) is 11.9. The zero-order chi connectivity index (χ0) is 13.9. The average Bonchev–Trinajstić information content (AvgIpc) is 2.40.